The van der Waals surface area contributed by atoms with Crippen molar-refractivity contribution in [3.8, 4) is 0 Å². The van der Waals surface area contributed by atoms with Crippen molar-refractivity contribution in [3.63, 3.8) is 0 Å². The van der Waals surface area contributed by atoms with Gasteiger partial charge in [0.2, 0.25) is 0 Å². The van der Waals surface area contributed by atoms with E-state index in [-0.39, 0.29) is 18.9 Å². The average molecular weight is 274 g/mol. The van der Waals surface area contributed by atoms with Gasteiger partial charge in [-0.05, 0) is 20.8 Å². The standard InChI is InChI=1S/C12H22N2O5/c1-12(2,3)19-11(17)14-7-8(15)6-9(14)10(16)13(4)18-5/h8-9,15H,6-7H2,1-5H3/t8-,9+/m0/s1. The number of aliphatic hydroxyl groups is 1. The predicted octanol–water partition coefficient (Wildman–Crippen LogP) is 0.376. The molecule has 1 heterocycles. The number of hydrogen-bond acceptors (Lipinski definition) is 5. The first kappa shape index (κ1) is 15.7. The molecular weight excluding hydrogens is 252 g/mol. The molecule has 1 aliphatic heterocycles. The molecule has 7 heteroatoms. The second-order valence-electron chi connectivity index (χ2n) is 5.56. The van der Waals surface area contributed by atoms with Crippen LogP contribution in [0.4, 0.5) is 4.79 Å². The molecule has 0 bridgehead atoms. The van der Waals surface area contributed by atoms with Crippen molar-refractivity contribution in [2.24, 2.45) is 0 Å². The lowest BCUT2D eigenvalue weighted by molar-refractivity contribution is -0.173. The first-order valence-corrected chi connectivity index (χ1v) is 6.15. The molecule has 0 aliphatic carbocycles. The fourth-order valence-electron chi connectivity index (χ4n) is 1.87. The van der Waals surface area contributed by atoms with Gasteiger partial charge in [0.15, 0.2) is 0 Å². The zero-order chi connectivity index (χ0) is 14.8. The van der Waals surface area contributed by atoms with Gasteiger partial charge in [0, 0.05) is 13.5 Å². The number of likely N-dealkylation sites (tertiary alicyclic amines) is 1. The van der Waals surface area contributed by atoms with E-state index in [0.29, 0.717) is 0 Å². The molecule has 0 unspecified atom stereocenters. The van der Waals surface area contributed by atoms with E-state index in [1.807, 2.05) is 0 Å². The molecule has 1 N–H and O–H groups in total. The van der Waals surface area contributed by atoms with Gasteiger partial charge in [-0.25, -0.2) is 9.86 Å². The van der Waals surface area contributed by atoms with Crippen LogP contribution in [0, 0.1) is 0 Å². The zero-order valence-corrected chi connectivity index (χ0v) is 12.0. The minimum atomic E-state index is -0.755. The molecule has 1 saturated heterocycles. The van der Waals surface area contributed by atoms with Crippen molar-refractivity contribution in [1.82, 2.24) is 9.96 Å². The van der Waals surface area contributed by atoms with Gasteiger partial charge < -0.3 is 9.84 Å². The third kappa shape index (κ3) is 4.07. The minimum absolute atomic E-state index is 0.0862. The second kappa shape index (κ2) is 5.75. The number of β-amino-alcohol motifs (C(OH)–C–C–N with tert-alkyl or cyclic N) is 1. The minimum Gasteiger partial charge on any atom is -0.444 e. The van der Waals surface area contributed by atoms with Crippen LogP contribution in [0.2, 0.25) is 0 Å². The quantitative estimate of drug-likeness (QED) is 0.736. The molecule has 19 heavy (non-hydrogen) atoms. The van der Waals surface area contributed by atoms with Crippen molar-refractivity contribution in [2.45, 2.75) is 44.9 Å². The largest absolute Gasteiger partial charge is 0.444 e. The van der Waals surface area contributed by atoms with E-state index in [1.165, 1.54) is 19.1 Å². The SMILES string of the molecule is CON(C)C(=O)[C@H]1C[C@H](O)CN1C(=O)OC(C)(C)C. The molecule has 0 spiro atoms. The van der Waals surface area contributed by atoms with Gasteiger partial charge in [-0.2, -0.15) is 0 Å². The van der Waals surface area contributed by atoms with Gasteiger partial charge in [0.05, 0.1) is 19.8 Å². The zero-order valence-electron chi connectivity index (χ0n) is 12.0. The Balaban J connectivity index is 2.80. The van der Waals surface area contributed by atoms with Crippen LogP contribution < -0.4 is 0 Å². The molecule has 1 fully saturated rings. The number of hydrogen-bond donors (Lipinski definition) is 1. The Bertz CT molecular complexity index is 353. The molecule has 0 aromatic rings. The van der Waals surface area contributed by atoms with E-state index in [9.17, 15) is 14.7 Å². The molecule has 1 rings (SSSR count). The van der Waals surface area contributed by atoms with Gasteiger partial charge in [0.1, 0.15) is 11.6 Å². The van der Waals surface area contributed by atoms with Gasteiger partial charge in [-0.3, -0.25) is 14.5 Å². The Morgan fingerprint density at radius 1 is 1.37 bits per heavy atom. The van der Waals surface area contributed by atoms with Crippen molar-refractivity contribution in [1.29, 1.82) is 0 Å². The van der Waals surface area contributed by atoms with Crippen LogP contribution in [0.3, 0.4) is 0 Å². The molecule has 0 aromatic carbocycles. The lowest BCUT2D eigenvalue weighted by Gasteiger charge is -2.29. The summed E-state index contributed by atoms with van der Waals surface area (Å²) in [6.45, 7) is 5.32. The van der Waals surface area contributed by atoms with Crippen LogP contribution in [0.1, 0.15) is 27.2 Å². The maximum absolute atomic E-state index is 12.0. The number of likely N-dealkylation sites (N-methyl/N-ethyl adjacent to an activating group) is 1. The van der Waals surface area contributed by atoms with Crippen molar-refractivity contribution < 1.29 is 24.3 Å². The second-order valence-corrected chi connectivity index (χ2v) is 5.56. The van der Waals surface area contributed by atoms with Crippen LogP contribution >= 0.6 is 0 Å². The van der Waals surface area contributed by atoms with E-state index in [2.05, 4.69) is 0 Å². The lowest BCUT2D eigenvalue weighted by Crippen LogP contribution is -2.47. The molecule has 2 atom stereocenters. The van der Waals surface area contributed by atoms with Gasteiger partial charge in [0.25, 0.3) is 5.91 Å². The Kier molecular flexibility index (Phi) is 4.75. The Hall–Kier alpha value is -1.34. The lowest BCUT2D eigenvalue weighted by atomic mass is 10.2. The summed E-state index contributed by atoms with van der Waals surface area (Å²) >= 11 is 0. The summed E-state index contributed by atoms with van der Waals surface area (Å²) in [5.41, 5.74) is -0.647. The number of rotatable bonds is 2. The summed E-state index contributed by atoms with van der Waals surface area (Å²) in [4.78, 5) is 30.1. The topological polar surface area (TPSA) is 79.3 Å². The van der Waals surface area contributed by atoms with E-state index in [4.69, 9.17) is 9.57 Å². The van der Waals surface area contributed by atoms with E-state index in [0.717, 1.165) is 5.06 Å². The summed E-state index contributed by atoms with van der Waals surface area (Å²) in [6.07, 6.45) is -1.15. The predicted molar refractivity (Wildman–Crippen MR) is 67.1 cm³/mol. The number of amides is 2. The molecule has 0 radical (unpaired) electrons. The third-order valence-corrected chi connectivity index (χ3v) is 2.78. The summed E-state index contributed by atoms with van der Waals surface area (Å²) < 4.78 is 5.23. The number of carbonyl (C=O) groups is 2. The summed E-state index contributed by atoms with van der Waals surface area (Å²) in [7, 11) is 2.82. The molecule has 2 amide bonds. The monoisotopic (exact) mass is 274 g/mol. The number of ether oxygens (including phenoxy) is 1. The Morgan fingerprint density at radius 3 is 2.42 bits per heavy atom. The van der Waals surface area contributed by atoms with Crippen molar-refractivity contribution in [3.05, 3.63) is 0 Å². The molecule has 1 aliphatic rings. The van der Waals surface area contributed by atoms with Crippen LogP contribution in [-0.4, -0.2) is 65.5 Å². The highest BCUT2D eigenvalue weighted by Crippen LogP contribution is 2.22. The fourth-order valence-corrected chi connectivity index (χ4v) is 1.87. The van der Waals surface area contributed by atoms with Crippen LogP contribution in [-0.2, 0) is 14.4 Å². The maximum atomic E-state index is 12.0. The van der Waals surface area contributed by atoms with Crippen LogP contribution in [0.25, 0.3) is 0 Å². The summed E-state index contributed by atoms with van der Waals surface area (Å²) in [5, 5.41) is 10.7. The normalized spacial score (nSPS) is 23.4. The first-order valence-electron chi connectivity index (χ1n) is 6.15. The molecule has 0 aromatic heterocycles. The first-order chi connectivity index (χ1) is 8.65. The highest BCUT2D eigenvalue weighted by atomic mass is 16.7. The highest BCUT2D eigenvalue weighted by Gasteiger charge is 2.42. The number of carbonyl (C=O) groups excluding carboxylic acids is 2. The van der Waals surface area contributed by atoms with Crippen molar-refractivity contribution in [2.75, 3.05) is 20.7 Å². The van der Waals surface area contributed by atoms with Crippen LogP contribution in [0.5, 0.6) is 0 Å². The fraction of sp³-hybridized carbons (Fsp3) is 0.833. The van der Waals surface area contributed by atoms with E-state index >= 15 is 0 Å². The Morgan fingerprint density at radius 2 is 1.95 bits per heavy atom. The molecule has 0 saturated carbocycles. The highest BCUT2D eigenvalue weighted by molar-refractivity contribution is 5.85. The summed E-state index contributed by atoms with van der Waals surface area (Å²) in [6, 6.07) is -0.755. The summed E-state index contributed by atoms with van der Waals surface area (Å²) in [5.74, 6) is -0.384. The average Bonchev–Trinajstić information content (AvgIpc) is 2.67. The van der Waals surface area contributed by atoms with Gasteiger partial charge >= 0.3 is 6.09 Å². The molecule has 110 valence electrons. The number of hydroxylamine groups is 2. The molecular formula is C12H22N2O5. The number of aliphatic hydroxyl groups excluding tert-OH is 1. The van der Waals surface area contributed by atoms with Gasteiger partial charge in [-0.15, -0.1) is 0 Å². The smallest absolute Gasteiger partial charge is 0.411 e. The van der Waals surface area contributed by atoms with E-state index < -0.39 is 23.8 Å². The van der Waals surface area contributed by atoms with Gasteiger partial charge in [-0.1, -0.05) is 0 Å². The van der Waals surface area contributed by atoms with E-state index in [1.54, 1.807) is 20.8 Å². The van der Waals surface area contributed by atoms with Crippen molar-refractivity contribution >= 4 is 12.0 Å². The maximum Gasteiger partial charge on any atom is 0.411 e. The molecule has 7 nitrogen and oxygen atoms in total. The third-order valence-electron chi connectivity index (χ3n) is 2.78. The van der Waals surface area contributed by atoms with Crippen LogP contribution in [0.15, 0.2) is 0 Å². The Labute approximate surface area is 113 Å². The number of nitrogens with zero attached hydrogens (tertiary/aromatic N) is 2.